The smallest absolute Gasteiger partial charge is 0.00435 e. The van der Waals surface area contributed by atoms with Gasteiger partial charge in [-0.3, -0.25) is 0 Å². The molecule has 9 heavy (non-hydrogen) atoms. The summed E-state index contributed by atoms with van der Waals surface area (Å²) in [6.45, 7) is 4.42. The topological polar surface area (TPSA) is 12.0 Å². The maximum Gasteiger partial charge on any atom is 0.00435 e. The fourth-order valence-corrected chi connectivity index (χ4v) is 1.36. The van der Waals surface area contributed by atoms with E-state index in [2.05, 4.69) is 19.2 Å². The van der Waals surface area contributed by atoms with E-state index in [-0.39, 0.29) is 0 Å². The van der Waals surface area contributed by atoms with Gasteiger partial charge in [0.25, 0.3) is 0 Å². The van der Waals surface area contributed by atoms with Crippen LogP contribution in [0.15, 0.2) is 0 Å². The molecule has 0 heterocycles. The first-order valence-electron chi connectivity index (χ1n) is 3.56. The molecule has 0 radical (unpaired) electrons. The lowest BCUT2D eigenvalue weighted by Crippen LogP contribution is -2.21. The van der Waals surface area contributed by atoms with Gasteiger partial charge in [0, 0.05) is 6.04 Å². The van der Waals surface area contributed by atoms with Crippen LogP contribution in [0.4, 0.5) is 0 Å². The SMILES string of the molecule is CCSCC[C@H](C)NC. The van der Waals surface area contributed by atoms with Gasteiger partial charge in [0.15, 0.2) is 0 Å². The van der Waals surface area contributed by atoms with E-state index in [0.29, 0.717) is 6.04 Å². The van der Waals surface area contributed by atoms with Crippen LogP contribution < -0.4 is 5.32 Å². The average Bonchev–Trinajstić information content (AvgIpc) is 1.89. The van der Waals surface area contributed by atoms with Crippen LogP contribution in [0.2, 0.25) is 0 Å². The van der Waals surface area contributed by atoms with Gasteiger partial charge in [-0.25, -0.2) is 0 Å². The van der Waals surface area contributed by atoms with E-state index in [1.165, 1.54) is 17.9 Å². The van der Waals surface area contributed by atoms with Crippen molar-refractivity contribution in [1.82, 2.24) is 5.32 Å². The largest absolute Gasteiger partial charge is 0.317 e. The second kappa shape index (κ2) is 6.43. The molecule has 0 amide bonds. The van der Waals surface area contributed by atoms with Gasteiger partial charge in [-0.1, -0.05) is 6.92 Å². The standard InChI is InChI=1S/C7H17NS/c1-4-9-6-5-7(2)8-3/h7-8H,4-6H2,1-3H3/t7-/m0/s1. The van der Waals surface area contributed by atoms with Crippen LogP contribution in [0.25, 0.3) is 0 Å². The van der Waals surface area contributed by atoms with Crippen molar-refractivity contribution in [3.63, 3.8) is 0 Å². The molecule has 0 aliphatic carbocycles. The van der Waals surface area contributed by atoms with Crippen molar-refractivity contribution in [2.24, 2.45) is 0 Å². The summed E-state index contributed by atoms with van der Waals surface area (Å²) in [6.07, 6.45) is 1.29. The Kier molecular flexibility index (Phi) is 6.65. The molecule has 0 aromatic rings. The lowest BCUT2D eigenvalue weighted by Gasteiger charge is -2.07. The summed E-state index contributed by atoms with van der Waals surface area (Å²) in [4.78, 5) is 0. The second-order valence-corrected chi connectivity index (χ2v) is 3.57. The number of hydrogen-bond donors (Lipinski definition) is 1. The Hall–Kier alpha value is 0.310. The normalized spacial score (nSPS) is 13.7. The zero-order chi connectivity index (χ0) is 7.11. The molecule has 1 atom stereocenters. The van der Waals surface area contributed by atoms with Gasteiger partial charge in [0.05, 0.1) is 0 Å². The van der Waals surface area contributed by atoms with Crippen LogP contribution in [0, 0.1) is 0 Å². The van der Waals surface area contributed by atoms with E-state index < -0.39 is 0 Å². The fraction of sp³-hybridized carbons (Fsp3) is 1.00. The average molecular weight is 147 g/mol. The molecular weight excluding hydrogens is 130 g/mol. The molecule has 0 aromatic heterocycles. The summed E-state index contributed by atoms with van der Waals surface area (Å²) < 4.78 is 0. The molecular formula is C7H17NS. The molecule has 0 saturated heterocycles. The van der Waals surface area contributed by atoms with Gasteiger partial charge >= 0.3 is 0 Å². The molecule has 0 spiro atoms. The van der Waals surface area contributed by atoms with Crippen molar-refractivity contribution >= 4 is 11.8 Å². The Morgan fingerprint density at radius 3 is 2.67 bits per heavy atom. The monoisotopic (exact) mass is 147 g/mol. The minimum absolute atomic E-state index is 0.684. The molecule has 2 heteroatoms. The lowest BCUT2D eigenvalue weighted by molar-refractivity contribution is 0.598. The molecule has 1 nitrogen and oxygen atoms in total. The van der Waals surface area contributed by atoms with E-state index in [4.69, 9.17) is 0 Å². The minimum atomic E-state index is 0.684. The van der Waals surface area contributed by atoms with E-state index in [1.54, 1.807) is 0 Å². The first-order valence-corrected chi connectivity index (χ1v) is 4.71. The van der Waals surface area contributed by atoms with Gasteiger partial charge < -0.3 is 5.32 Å². The van der Waals surface area contributed by atoms with Gasteiger partial charge in [0.2, 0.25) is 0 Å². The Bertz CT molecular complexity index is 56.9. The molecule has 0 aliphatic heterocycles. The zero-order valence-corrected chi connectivity index (χ0v) is 7.42. The Labute approximate surface area is 62.6 Å². The van der Waals surface area contributed by atoms with Crippen LogP contribution in [0.5, 0.6) is 0 Å². The molecule has 0 rings (SSSR count). The predicted octanol–water partition coefficient (Wildman–Crippen LogP) is 1.74. The number of nitrogens with one attached hydrogen (secondary N) is 1. The van der Waals surface area contributed by atoms with Crippen LogP contribution in [-0.4, -0.2) is 24.6 Å². The van der Waals surface area contributed by atoms with Gasteiger partial charge in [0.1, 0.15) is 0 Å². The van der Waals surface area contributed by atoms with E-state index in [9.17, 15) is 0 Å². The van der Waals surface area contributed by atoms with Crippen molar-refractivity contribution in [1.29, 1.82) is 0 Å². The highest BCUT2D eigenvalue weighted by atomic mass is 32.2. The molecule has 0 aliphatic rings. The lowest BCUT2D eigenvalue weighted by atomic mass is 10.3. The van der Waals surface area contributed by atoms with Crippen molar-refractivity contribution < 1.29 is 0 Å². The third-order valence-electron chi connectivity index (χ3n) is 1.39. The maximum atomic E-state index is 3.21. The second-order valence-electron chi connectivity index (χ2n) is 2.18. The first-order chi connectivity index (χ1) is 4.31. The fourth-order valence-electron chi connectivity index (χ4n) is 0.549. The van der Waals surface area contributed by atoms with Crippen molar-refractivity contribution in [3.8, 4) is 0 Å². The van der Waals surface area contributed by atoms with Crippen molar-refractivity contribution in [2.45, 2.75) is 26.3 Å². The van der Waals surface area contributed by atoms with Gasteiger partial charge in [-0.2, -0.15) is 11.8 Å². The van der Waals surface area contributed by atoms with E-state index >= 15 is 0 Å². The summed E-state index contributed by atoms with van der Waals surface area (Å²) in [5, 5.41) is 3.21. The van der Waals surface area contributed by atoms with Crippen LogP contribution >= 0.6 is 11.8 Å². The Morgan fingerprint density at radius 2 is 2.22 bits per heavy atom. The summed E-state index contributed by atoms with van der Waals surface area (Å²) in [6, 6.07) is 0.684. The number of thioether (sulfide) groups is 1. The molecule has 1 N–H and O–H groups in total. The van der Waals surface area contributed by atoms with Gasteiger partial charge in [-0.05, 0) is 31.9 Å². The highest BCUT2D eigenvalue weighted by Crippen LogP contribution is 2.02. The summed E-state index contributed by atoms with van der Waals surface area (Å²) >= 11 is 2.01. The first kappa shape index (κ1) is 9.31. The Morgan fingerprint density at radius 1 is 1.56 bits per heavy atom. The highest BCUT2D eigenvalue weighted by molar-refractivity contribution is 7.99. The van der Waals surface area contributed by atoms with Crippen molar-refractivity contribution in [3.05, 3.63) is 0 Å². The summed E-state index contributed by atoms with van der Waals surface area (Å²) in [7, 11) is 2.02. The highest BCUT2D eigenvalue weighted by Gasteiger charge is 1.94. The number of hydrogen-bond acceptors (Lipinski definition) is 2. The zero-order valence-electron chi connectivity index (χ0n) is 6.61. The van der Waals surface area contributed by atoms with Gasteiger partial charge in [-0.15, -0.1) is 0 Å². The van der Waals surface area contributed by atoms with E-state index in [0.717, 1.165) is 0 Å². The van der Waals surface area contributed by atoms with E-state index in [1.807, 2.05) is 18.8 Å². The summed E-state index contributed by atoms with van der Waals surface area (Å²) in [5.41, 5.74) is 0. The van der Waals surface area contributed by atoms with Crippen LogP contribution in [0.3, 0.4) is 0 Å². The van der Waals surface area contributed by atoms with Crippen LogP contribution in [0.1, 0.15) is 20.3 Å². The maximum absolute atomic E-state index is 3.21. The quantitative estimate of drug-likeness (QED) is 0.594. The molecule has 56 valence electrons. The third-order valence-corrected chi connectivity index (χ3v) is 2.32. The summed E-state index contributed by atoms with van der Waals surface area (Å²) in [5.74, 6) is 2.54. The van der Waals surface area contributed by atoms with Crippen LogP contribution in [-0.2, 0) is 0 Å². The predicted molar refractivity (Wildman–Crippen MR) is 46.1 cm³/mol. The molecule has 0 saturated carbocycles. The Balaban J connectivity index is 2.88. The minimum Gasteiger partial charge on any atom is -0.317 e. The third kappa shape index (κ3) is 6.19. The molecule has 0 unspecified atom stereocenters. The molecule has 0 bridgehead atoms. The van der Waals surface area contributed by atoms with Crippen molar-refractivity contribution in [2.75, 3.05) is 18.6 Å². The molecule has 0 aromatic carbocycles. The molecule has 0 fully saturated rings. The number of rotatable bonds is 5.